The van der Waals surface area contributed by atoms with Crippen molar-refractivity contribution < 1.29 is 9.53 Å². The second kappa shape index (κ2) is 4.94. The third kappa shape index (κ3) is 2.53. The lowest BCUT2D eigenvalue weighted by Gasteiger charge is -2.17. The van der Waals surface area contributed by atoms with Crippen molar-refractivity contribution in [1.82, 2.24) is 4.90 Å². The second-order valence-corrected chi connectivity index (χ2v) is 4.58. The average Bonchev–Trinajstić information content (AvgIpc) is 2.75. The zero-order valence-electron chi connectivity index (χ0n) is 9.65. The Labute approximate surface area is 105 Å². The number of carbonyl (C=O) groups excluding carboxylic acids is 1. The fraction of sp³-hybridized carbons (Fsp3) is 0.417. The molecule has 0 aromatic heterocycles. The standard InChI is InChI=1S/C12H15ClN2O2/c1-17-11-6-8(13)2-3-10(11)12(16)15-5-4-9(14)7-15/h2-3,6,9H,4-5,7,14H2,1H3/t9-/m0/s1. The van der Waals surface area contributed by atoms with Crippen molar-refractivity contribution in [3.63, 3.8) is 0 Å². The molecule has 2 N–H and O–H groups in total. The smallest absolute Gasteiger partial charge is 0.257 e. The van der Waals surface area contributed by atoms with Gasteiger partial charge in [0.2, 0.25) is 0 Å². The number of nitrogens with two attached hydrogens (primary N) is 1. The van der Waals surface area contributed by atoms with Crippen LogP contribution in [0.4, 0.5) is 0 Å². The van der Waals surface area contributed by atoms with Gasteiger partial charge in [-0.25, -0.2) is 0 Å². The molecule has 5 heteroatoms. The van der Waals surface area contributed by atoms with Crippen molar-refractivity contribution in [2.24, 2.45) is 5.73 Å². The van der Waals surface area contributed by atoms with Crippen LogP contribution in [0.2, 0.25) is 5.02 Å². The van der Waals surface area contributed by atoms with Crippen molar-refractivity contribution in [2.45, 2.75) is 12.5 Å². The molecule has 2 rings (SSSR count). The van der Waals surface area contributed by atoms with Gasteiger partial charge in [0.1, 0.15) is 5.75 Å². The van der Waals surface area contributed by atoms with E-state index in [0.717, 1.165) is 6.42 Å². The average molecular weight is 255 g/mol. The van der Waals surface area contributed by atoms with Crippen molar-refractivity contribution in [3.8, 4) is 5.75 Å². The van der Waals surface area contributed by atoms with Crippen LogP contribution in [-0.4, -0.2) is 37.0 Å². The van der Waals surface area contributed by atoms with Gasteiger partial charge < -0.3 is 15.4 Å². The molecule has 1 aromatic carbocycles. The molecule has 1 fully saturated rings. The van der Waals surface area contributed by atoms with E-state index < -0.39 is 0 Å². The minimum Gasteiger partial charge on any atom is -0.496 e. The Balaban J connectivity index is 2.24. The summed E-state index contributed by atoms with van der Waals surface area (Å²) >= 11 is 5.86. The number of hydrogen-bond donors (Lipinski definition) is 1. The summed E-state index contributed by atoms with van der Waals surface area (Å²) in [7, 11) is 1.53. The van der Waals surface area contributed by atoms with E-state index in [-0.39, 0.29) is 11.9 Å². The summed E-state index contributed by atoms with van der Waals surface area (Å²) in [6.07, 6.45) is 0.849. The number of halogens is 1. The van der Waals surface area contributed by atoms with Crippen LogP contribution in [0.3, 0.4) is 0 Å². The maximum absolute atomic E-state index is 12.2. The number of hydrogen-bond acceptors (Lipinski definition) is 3. The lowest BCUT2D eigenvalue weighted by molar-refractivity contribution is 0.0787. The third-order valence-corrected chi connectivity index (χ3v) is 3.14. The van der Waals surface area contributed by atoms with Gasteiger partial charge in [-0.05, 0) is 24.6 Å². The van der Waals surface area contributed by atoms with E-state index in [0.29, 0.717) is 29.4 Å². The normalized spacial score (nSPS) is 19.5. The number of amides is 1. The minimum absolute atomic E-state index is 0.0496. The Hall–Kier alpha value is -1.26. The first-order valence-electron chi connectivity index (χ1n) is 5.50. The van der Waals surface area contributed by atoms with Crippen molar-refractivity contribution in [1.29, 1.82) is 0 Å². The molecule has 1 amide bonds. The van der Waals surface area contributed by atoms with E-state index in [1.165, 1.54) is 7.11 Å². The summed E-state index contributed by atoms with van der Waals surface area (Å²) in [6, 6.07) is 5.10. The van der Waals surface area contributed by atoms with E-state index in [4.69, 9.17) is 22.1 Å². The monoisotopic (exact) mass is 254 g/mol. The summed E-state index contributed by atoms with van der Waals surface area (Å²) in [4.78, 5) is 14.0. The van der Waals surface area contributed by atoms with Gasteiger partial charge >= 0.3 is 0 Å². The number of rotatable bonds is 2. The fourth-order valence-corrected chi connectivity index (χ4v) is 2.15. The Bertz CT molecular complexity index is 437. The van der Waals surface area contributed by atoms with Gasteiger partial charge in [0.25, 0.3) is 5.91 Å². The molecule has 1 atom stereocenters. The summed E-state index contributed by atoms with van der Waals surface area (Å²) in [5.41, 5.74) is 6.32. The first kappa shape index (κ1) is 12.2. The fourth-order valence-electron chi connectivity index (χ4n) is 1.98. The van der Waals surface area contributed by atoms with Crippen LogP contribution in [-0.2, 0) is 0 Å². The Morgan fingerprint density at radius 3 is 2.94 bits per heavy atom. The van der Waals surface area contributed by atoms with E-state index in [1.54, 1.807) is 23.1 Å². The molecular weight excluding hydrogens is 240 g/mol. The number of ether oxygens (including phenoxy) is 1. The molecule has 0 unspecified atom stereocenters. The molecule has 1 aromatic rings. The second-order valence-electron chi connectivity index (χ2n) is 4.14. The van der Waals surface area contributed by atoms with Crippen LogP contribution in [0.25, 0.3) is 0 Å². The summed E-state index contributed by atoms with van der Waals surface area (Å²) in [5.74, 6) is 0.453. The molecular formula is C12H15ClN2O2. The highest BCUT2D eigenvalue weighted by molar-refractivity contribution is 6.30. The number of methoxy groups -OCH3 is 1. The predicted octanol–water partition coefficient (Wildman–Crippen LogP) is 1.52. The van der Waals surface area contributed by atoms with Crippen LogP contribution in [0.5, 0.6) is 5.75 Å². The van der Waals surface area contributed by atoms with Crippen molar-refractivity contribution >= 4 is 17.5 Å². The van der Waals surface area contributed by atoms with Crippen molar-refractivity contribution in [2.75, 3.05) is 20.2 Å². The van der Waals surface area contributed by atoms with Gasteiger partial charge in [-0.15, -0.1) is 0 Å². The third-order valence-electron chi connectivity index (χ3n) is 2.91. The molecule has 1 aliphatic heterocycles. The van der Waals surface area contributed by atoms with Crippen LogP contribution < -0.4 is 10.5 Å². The summed E-state index contributed by atoms with van der Waals surface area (Å²) in [5, 5.41) is 0.552. The van der Waals surface area contributed by atoms with Gasteiger partial charge in [-0.3, -0.25) is 4.79 Å². The molecule has 0 bridgehead atoms. The first-order valence-corrected chi connectivity index (χ1v) is 5.88. The van der Waals surface area contributed by atoms with E-state index in [1.807, 2.05) is 0 Å². The minimum atomic E-state index is -0.0496. The largest absolute Gasteiger partial charge is 0.496 e. The Morgan fingerprint density at radius 2 is 2.35 bits per heavy atom. The molecule has 0 spiro atoms. The molecule has 1 heterocycles. The lowest BCUT2D eigenvalue weighted by atomic mass is 10.1. The van der Waals surface area contributed by atoms with E-state index in [9.17, 15) is 4.79 Å². The van der Waals surface area contributed by atoms with Gasteiger partial charge in [0.15, 0.2) is 0 Å². The highest BCUT2D eigenvalue weighted by Crippen LogP contribution is 2.25. The molecule has 0 radical (unpaired) electrons. The van der Waals surface area contributed by atoms with Gasteiger partial charge in [0.05, 0.1) is 12.7 Å². The van der Waals surface area contributed by atoms with Crippen LogP contribution in [0.1, 0.15) is 16.8 Å². The predicted molar refractivity (Wildman–Crippen MR) is 66.5 cm³/mol. The maximum atomic E-state index is 12.2. The summed E-state index contributed by atoms with van der Waals surface area (Å²) < 4.78 is 5.17. The summed E-state index contributed by atoms with van der Waals surface area (Å²) in [6.45, 7) is 1.30. The van der Waals surface area contributed by atoms with Crippen LogP contribution >= 0.6 is 11.6 Å². The molecule has 1 aliphatic rings. The molecule has 17 heavy (non-hydrogen) atoms. The Kier molecular flexibility index (Phi) is 3.54. The van der Waals surface area contributed by atoms with Gasteiger partial charge in [-0.1, -0.05) is 11.6 Å². The molecule has 0 aliphatic carbocycles. The zero-order valence-corrected chi connectivity index (χ0v) is 10.4. The molecule has 1 saturated heterocycles. The first-order chi connectivity index (χ1) is 8.11. The topological polar surface area (TPSA) is 55.6 Å². The van der Waals surface area contributed by atoms with Gasteiger partial charge in [0, 0.05) is 24.2 Å². The Morgan fingerprint density at radius 1 is 1.59 bits per heavy atom. The highest BCUT2D eigenvalue weighted by Gasteiger charge is 2.26. The number of carbonyl (C=O) groups is 1. The quantitative estimate of drug-likeness (QED) is 0.871. The highest BCUT2D eigenvalue weighted by atomic mass is 35.5. The van der Waals surface area contributed by atoms with Gasteiger partial charge in [-0.2, -0.15) is 0 Å². The number of likely N-dealkylation sites (tertiary alicyclic amines) is 1. The van der Waals surface area contributed by atoms with Crippen molar-refractivity contribution in [3.05, 3.63) is 28.8 Å². The van der Waals surface area contributed by atoms with Crippen LogP contribution in [0.15, 0.2) is 18.2 Å². The SMILES string of the molecule is COc1cc(Cl)ccc1C(=O)N1CC[C@H](N)C1. The van der Waals surface area contributed by atoms with Crippen LogP contribution in [0, 0.1) is 0 Å². The van der Waals surface area contributed by atoms with E-state index >= 15 is 0 Å². The number of benzene rings is 1. The lowest BCUT2D eigenvalue weighted by Crippen LogP contribution is -2.32. The van der Waals surface area contributed by atoms with E-state index in [2.05, 4.69) is 0 Å². The maximum Gasteiger partial charge on any atom is 0.257 e. The molecule has 4 nitrogen and oxygen atoms in total. The zero-order chi connectivity index (χ0) is 12.4. The molecule has 92 valence electrons. The molecule has 0 saturated carbocycles. The number of nitrogens with zero attached hydrogens (tertiary/aromatic N) is 1.